The van der Waals surface area contributed by atoms with Crippen molar-refractivity contribution in [2.24, 2.45) is 0 Å². The zero-order valence-electron chi connectivity index (χ0n) is 26.1. The Kier molecular flexibility index (Phi) is 7.45. The standard InChI is InChI=1S/C18H17N2S.C6H5.C5H5N.Ir/c1-5-14-15-8-7-12(3)20-18(15)21-17(14)13(4)16-9-6-11(2)10-19-16;2*1-2-4-6-5-3-1;/h4-10,14,17H,1H2,2-3H3;2*1-5H;/q2*-1;;/i2D3,3D3,6D,9D;;;. The van der Waals surface area contributed by atoms with Crippen molar-refractivity contribution in [3.63, 3.8) is 0 Å². The number of hydrogen-bond donors (Lipinski definition) is 0. The number of aromatic nitrogens is 3. The first-order valence-corrected chi connectivity index (χ1v) is 10.9. The van der Waals surface area contributed by atoms with Crippen LogP contribution in [0, 0.1) is 26.3 Å². The third-order valence-corrected chi connectivity index (χ3v) is 5.81. The van der Waals surface area contributed by atoms with Crippen molar-refractivity contribution in [1.82, 2.24) is 15.0 Å². The van der Waals surface area contributed by atoms with Gasteiger partial charge in [0.2, 0.25) is 0 Å². The first kappa shape index (κ1) is 17.6. The quantitative estimate of drug-likeness (QED) is 0.179. The van der Waals surface area contributed by atoms with Crippen molar-refractivity contribution in [3.05, 3.63) is 139 Å². The molecule has 34 heavy (non-hydrogen) atoms. The number of thioether (sulfide) groups is 1. The summed E-state index contributed by atoms with van der Waals surface area (Å²) >= 11 is 1.24. The van der Waals surface area contributed by atoms with Gasteiger partial charge in [-0.25, -0.2) is 4.98 Å². The maximum Gasteiger partial charge on any atom is 0.101 e. The number of nitrogens with zero attached hydrogens (tertiary/aromatic N) is 3. The summed E-state index contributed by atoms with van der Waals surface area (Å²) in [5, 5.41) is 0.0460. The van der Waals surface area contributed by atoms with E-state index in [0.717, 1.165) is 11.8 Å². The third-order valence-electron chi connectivity index (χ3n) is 4.46. The van der Waals surface area contributed by atoms with Gasteiger partial charge in [-0.05, 0) is 43.0 Å². The maximum atomic E-state index is 8.18. The van der Waals surface area contributed by atoms with Crippen molar-refractivity contribution in [1.29, 1.82) is 0 Å². The molecule has 1 aromatic carbocycles. The van der Waals surface area contributed by atoms with Gasteiger partial charge in [0.1, 0.15) is 5.03 Å². The summed E-state index contributed by atoms with van der Waals surface area (Å²) in [6.07, 6.45) is 6.21. The fourth-order valence-electron chi connectivity index (χ4n) is 2.92. The van der Waals surface area contributed by atoms with Gasteiger partial charge in [0, 0.05) is 65.2 Å². The van der Waals surface area contributed by atoms with Crippen molar-refractivity contribution in [3.8, 4) is 0 Å². The Labute approximate surface area is 232 Å². The molecule has 0 N–H and O–H groups in total. The van der Waals surface area contributed by atoms with Crippen LogP contribution in [0.5, 0.6) is 0 Å². The molecule has 2 unspecified atom stereocenters. The summed E-state index contributed by atoms with van der Waals surface area (Å²) in [5.41, 5.74) is 0.633. The zero-order chi connectivity index (χ0) is 30.2. The van der Waals surface area contributed by atoms with E-state index < -0.39 is 25.0 Å². The number of hydrogen-bond acceptors (Lipinski definition) is 4. The summed E-state index contributed by atoms with van der Waals surface area (Å²) < 4.78 is 61.2. The first-order valence-electron chi connectivity index (χ1n) is 14.0. The van der Waals surface area contributed by atoms with Gasteiger partial charge >= 0.3 is 0 Å². The van der Waals surface area contributed by atoms with Crippen LogP contribution in [0.15, 0.2) is 109 Å². The topological polar surface area (TPSA) is 38.7 Å². The molecule has 4 heterocycles. The monoisotopic (exact) mass is 650 g/mol. The summed E-state index contributed by atoms with van der Waals surface area (Å²) in [5.74, 6) is -0.300. The molecule has 1 aliphatic heterocycles. The molecule has 0 fully saturated rings. The van der Waals surface area contributed by atoms with Crippen LogP contribution in [0.25, 0.3) is 5.57 Å². The van der Waals surface area contributed by atoms with Crippen LogP contribution in [0.3, 0.4) is 0 Å². The first-order chi connectivity index (χ1) is 19.4. The fourth-order valence-corrected chi connectivity index (χ4v) is 4.29. The summed E-state index contributed by atoms with van der Waals surface area (Å²) in [7, 11) is 0. The maximum absolute atomic E-state index is 8.18. The number of pyridine rings is 3. The number of allylic oxidation sites excluding steroid dienone is 1. The molecule has 4 aromatic rings. The molecule has 1 radical (unpaired) electrons. The van der Waals surface area contributed by atoms with Gasteiger partial charge in [0.25, 0.3) is 0 Å². The summed E-state index contributed by atoms with van der Waals surface area (Å²) in [4.78, 5) is 12.1. The Bertz CT molecular complexity index is 1380. The van der Waals surface area contributed by atoms with Gasteiger partial charge in [-0.15, -0.1) is 24.4 Å². The number of rotatable bonds is 3. The van der Waals surface area contributed by atoms with E-state index in [9.17, 15) is 0 Å². The van der Waals surface area contributed by atoms with Crippen molar-refractivity contribution in [2.45, 2.75) is 29.9 Å². The largest absolute Gasteiger partial charge is 0.351 e. The second kappa shape index (κ2) is 14.4. The molecule has 0 saturated heterocycles. The van der Waals surface area contributed by atoms with Crippen LogP contribution < -0.4 is 0 Å². The molecule has 0 saturated carbocycles. The number of aryl methyl sites for hydroxylation is 2. The number of fused-ring (bicyclic) bond motifs is 1. The van der Waals surface area contributed by atoms with Crippen LogP contribution in [0.4, 0.5) is 0 Å². The van der Waals surface area contributed by atoms with Crippen LogP contribution in [-0.4, -0.2) is 20.2 Å². The zero-order valence-corrected chi connectivity index (χ0v) is 21.3. The van der Waals surface area contributed by atoms with Crippen LogP contribution in [0.1, 0.15) is 39.4 Å². The van der Waals surface area contributed by atoms with Crippen molar-refractivity contribution >= 4 is 17.3 Å². The Morgan fingerprint density at radius 3 is 2.41 bits per heavy atom. The van der Waals surface area contributed by atoms with Crippen LogP contribution >= 0.6 is 11.8 Å². The normalized spacial score (nSPS) is 19.4. The molecule has 2 atom stereocenters. The van der Waals surface area contributed by atoms with Gasteiger partial charge in [-0.1, -0.05) is 29.9 Å². The van der Waals surface area contributed by atoms with E-state index in [-0.39, 0.29) is 54.6 Å². The Hall–Kier alpha value is -2.85. The Balaban J connectivity index is 0.000000390. The van der Waals surface area contributed by atoms with E-state index in [2.05, 4.69) is 27.6 Å². The summed E-state index contributed by atoms with van der Waals surface area (Å²) in [6.45, 7) is 5.24. The van der Waals surface area contributed by atoms with E-state index >= 15 is 0 Å². The van der Waals surface area contributed by atoms with Gasteiger partial charge in [0.05, 0.1) is 1.37 Å². The van der Waals surface area contributed by atoms with E-state index in [4.69, 9.17) is 17.5 Å². The second-order valence-electron chi connectivity index (χ2n) is 6.72. The van der Waals surface area contributed by atoms with Gasteiger partial charge < -0.3 is 4.98 Å². The average Bonchev–Trinajstić information content (AvgIpc) is 3.33. The van der Waals surface area contributed by atoms with Crippen molar-refractivity contribution < 1.29 is 31.1 Å². The van der Waals surface area contributed by atoms with E-state index in [1.54, 1.807) is 24.5 Å². The van der Waals surface area contributed by atoms with E-state index in [1.165, 1.54) is 17.8 Å². The Morgan fingerprint density at radius 1 is 1.12 bits per heavy atom. The molecule has 1 aliphatic rings. The molecule has 3 aromatic heterocycles. The third kappa shape index (κ3) is 7.88. The van der Waals surface area contributed by atoms with E-state index in [1.807, 2.05) is 48.5 Å². The predicted molar refractivity (Wildman–Crippen MR) is 138 cm³/mol. The molecule has 3 nitrogen and oxygen atoms in total. The minimum atomic E-state index is -2.55. The minimum Gasteiger partial charge on any atom is -0.351 e. The number of benzene rings is 1. The van der Waals surface area contributed by atoms with Crippen LogP contribution in [0.2, 0.25) is 0 Å². The molecule has 0 bridgehead atoms. The predicted octanol–water partition coefficient (Wildman–Crippen LogP) is 6.92. The van der Waals surface area contributed by atoms with E-state index in [0.29, 0.717) is 5.03 Å². The molecule has 0 spiro atoms. The smallest absolute Gasteiger partial charge is 0.101 e. The molecular formula is C29H27IrN3S-2. The Morgan fingerprint density at radius 2 is 1.88 bits per heavy atom. The molecule has 5 rings (SSSR count). The second-order valence-corrected chi connectivity index (χ2v) is 7.85. The fraction of sp³-hybridized carbons (Fsp3) is 0.138. The summed E-state index contributed by atoms with van der Waals surface area (Å²) in [6, 6.07) is 20.5. The van der Waals surface area contributed by atoms with Gasteiger partial charge in [-0.3, -0.25) is 11.6 Å². The molecule has 0 aliphatic carbocycles. The molecular weight excluding hydrogens is 615 g/mol. The van der Waals surface area contributed by atoms with Crippen molar-refractivity contribution in [2.75, 3.05) is 0 Å². The molecule has 175 valence electrons. The van der Waals surface area contributed by atoms with Crippen LogP contribution in [-0.2, 0) is 20.1 Å². The van der Waals surface area contributed by atoms with Gasteiger partial charge in [-0.2, -0.15) is 42.0 Å². The molecule has 5 heteroatoms. The SMILES string of the molecule is [2H]c1c(C([2H])([2H])[2H])cnc(C(=[CH-])C2Sc3nc(C([2H])([2H])[2H])ccc3C2C=C)c1[2H].[Ir].[c-]1ccccc1.c1ccncc1. The molecule has 0 amide bonds. The average molecular weight is 650 g/mol. The van der Waals surface area contributed by atoms with Gasteiger partial charge in [0.15, 0.2) is 0 Å². The minimum absolute atomic E-state index is 0.